The summed E-state index contributed by atoms with van der Waals surface area (Å²) < 4.78 is 0. The van der Waals surface area contributed by atoms with E-state index in [9.17, 15) is 4.79 Å². The predicted octanol–water partition coefficient (Wildman–Crippen LogP) is 1.76. The van der Waals surface area contributed by atoms with Gasteiger partial charge in [0.15, 0.2) is 0 Å². The molecule has 110 valence electrons. The fourth-order valence-corrected chi connectivity index (χ4v) is 2.40. The van der Waals surface area contributed by atoms with E-state index in [-0.39, 0.29) is 11.9 Å². The van der Waals surface area contributed by atoms with Crippen molar-refractivity contribution >= 4 is 17.5 Å². The van der Waals surface area contributed by atoms with Gasteiger partial charge in [0.05, 0.1) is 6.54 Å². The predicted molar refractivity (Wildman–Crippen MR) is 81.9 cm³/mol. The number of amides is 1. The van der Waals surface area contributed by atoms with E-state index in [1.165, 1.54) is 0 Å². The van der Waals surface area contributed by atoms with Crippen LogP contribution in [0.5, 0.6) is 0 Å². The maximum absolute atomic E-state index is 12.1. The van der Waals surface area contributed by atoms with Crippen LogP contribution in [0.2, 0.25) is 5.02 Å². The summed E-state index contributed by atoms with van der Waals surface area (Å²) in [6.07, 6.45) is 0. The molecular weight excluding hydrogens is 274 g/mol. The minimum atomic E-state index is 0.142. The summed E-state index contributed by atoms with van der Waals surface area (Å²) in [5.74, 6) is 0.180. The molecule has 5 heteroatoms. The van der Waals surface area contributed by atoms with Crippen LogP contribution in [-0.2, 0) is 4.79 Å². The lowest BCUT2D eigenvalue weighted by Gasteiger charge is -2.32. The Labute approximate surface area is 125 Å². The third-order valence-corrected chi connectivity index (χ3v) is 4.04. The number of benzene rings is 1. The Morgan fingerprint density at radius 1 is 1.25 bits per heavy atom. The smallest absolute Gasteiger partial charge is 0.236 e. The summed E-state index contributed by atoms with van der Waals surface area (Å²) >= 11 is 5.87. The largest absolute Gasteiger partial charge is 0.339 e. The molecule has 4 nitrogen and oxygen atoms in total. The third-order valence-electron chi connectivity index (χ3n) is 3.79. The summed E-state index contributed by atoms with van der Waals surface area (Å²) in [6, 6.07) is 7.86. The van der Waals surface area contributed by atoms with Crippen LogP contribution in [-0.4, -0.2) is 55.5 Å². The number of hydrogen-bond donors (Lipinski definition) is 1. The fourth-order valence-electron chi connectivity index (χ4n) is 2.28. The van der Waals surface area contributed by atoms with Gasteiger partial charge in [0, 0.05) is 37.2 Å². The Hall–Kier alpha value is -1.10. The zero-order chi connectivity index (χ0) is 14.5. The van der Waals surface area contributed by atoms with Gasteiger partial charge < -0.3 is 15.1 Å². The van der Waals surface area contributed by atoms with Gasteiger partial charge in [-0.1, -0.05) is 23.7 Å². The highest BCUT2D eigenvalue weighted by molar-refractivity contribution is 6.30. The topological polar surface area (TPSA) is 35.6 Å². The van der Waals surface area contributed by atoms with Crippen LogP contribution >= 0.6 is 11.6 Å². The number of nitrogens with one attached hydrogen (secondary N) is 1. The van der Waals surface area contributed by atoms with Crippen molar-refractivity contribution < 1.29 is 4.79 Å². The molecule has 1 saturated heterocycles. The van der Waals surface area contributed by atoms with Gasteiger partial charge in [-0.3, -0.25) is 4.79 Å². The molecule has 0 unspecified atom stereocenters. The number of likely N-dealkylation sites (N-methyl/N-ethyl adjacent to an activating group) is 1. The van der Waals surface area contributed by atoms with E-state index >= 15 is 0 Å². The Morgan fingerprint density at radius 3 is 2.45 bits per heavy atom. The highest BCUT2D eigenvalue weighted by Gasteiger charge is 2.19. The first-order valence-corrected chi connectivity index (χ1v) is 7.39. The first-order valence-electron chi connectivity index (χ1n) is 7.01. The van der Waals surface area contributed by atoms with Gasteiger partial charge in [-0.05, 0) is 31.7 Å². The van der Waals surface area contributed by atoms with Crippen molar-refractivity contribution in [3.8, 4) is 0 Å². The lowest BCUT2D eigenvalue weighted by atomic mass is 10.1. The number of rotatable bonds is 4. The Morgan fingerprint density at radius 2 is 1.85 bits per heavy atom. The molecule has 1 aromatic rings. The van der Waals surface area contributed by atoms with Gasteiger partial charge in [-0.15, -0.1) is 0 Å². The molecule has 1 atom stereocenters. The molecular formula is C15H22ClN3O. The molecule has 0 spiro atoms. The number of piperazine rings is 1. The normalized spacial score (nSPS) is 18.1. The zero-order valence-electron chi connectivity index (χ0n) is 12.1. The first kappa shape index (κ1) is 15.3. The number of carbonyl (C=O) groups is 1. The Bertz CT molecular complexity index is 441. The van der Waals surface area contributed by atoms with E-state index < -0.39 is 0 Å². The maximum Gasteiger partial charge on any atom is 0.236 e. The molecule has 1 amide bonds. The van der Waals surface area contributed by atoms with Crippen molar-refractivity contribution in [3.63, 3.8) is 0 Å². The molecule has 1 aromatic carbocycles. The molecule has 0 aliphatic carbocycles. The van der Waals surface area contributed by atoms with Gasteiger partial charge in [-0.2, -0.15) is 0 Å². The van der Waals surface area contributed by atoms with Gasteiger partial charge in [0.2, 0.25) is 5.91 Å². The van der Waals surface area contributed by atoms with E-state index in [1.54, 1.807) is 0 Å². The average Bonchev–Trinajstić information content (AvgIpc) is 2.46. The molecule has 1 aliphatic rings. The molecule has 0 aromatic heterocycles. The maximum atomic E-state index is 12.1. The SMILES string of the molecule is C[C@@H](NCC(=O)N1CCN(C)CC1)c1ccc(Cl)cc1. The van der Waals surface area contributed by atoms with Gasteiger partial charge >= 0.3 is 0 Å². The minimum absolute atomic E-state index is 0.142. The van der Waals surface area contributed by atoms with Crippen LogP contribution in [0.25, 0.3) is 0 Å². The molecule has 1 N–H and O–H groups in total. The number of halogens is 1. The van der Waals surface area contributed by atoms with Gasteiger partial charge in [0.25, 0.3) is 0 Å². The first-order chi connectivity index (χ1) is 9.56. The van der Waals surface area contributed by atoms with Crippen LogP contribution in [0.1, 0.15) is 18.5 Å². The van der Waals surface area contributed by atoms with Crippen molar-refractivity contribution in [1.29, 1.82) is 0 Å². The zero-order valence-corrected chi connectivity index (χ0v) is 12.9. The Kier molecular flexibility index (Phi) is 5.40. The summed E-state index contributed by atoms with van der Waals surface area (Å²) in [4.78, 5) is 16.3. The molecule has 2 rings (SSSR count). The van der Waals surface area contributed by atoms with E-state index in [1.807, 2.05) is 29.2 Å². The summed E-state index contributed by atoms with van der Waals surface area (Å²) in [5.41, 5.74) is 1.14. The van der Waals surface area contributed by atoms with Gasteiger partial charge in [-0.25, -0.2) is 0 Å². The molecule has 1 heterocycles. The van der Waals surface area contributed by atoms with Gasteiger partial charge in [0.1, 0.15) is 0 Å². The summed E-state index contributed by atoms with van der Waals surface area (Å²) in [5, 5.41) is 4.01. The van der Waals surface area contributed by atoms with Crippen LogP contribution in [0.15, 0.2) is 24.3 Å². The van der Waals surface area contributed by atoms with Crippen molar-refractivity contribution in [2.24, 2.45) is 0 Å². The number of hydrogen-bond acceptors (Lipinski definition) is 3. The van der Waals surface area contributed by atoms with Crippen molar-refractivity contribution in [2.45, 2.75) is 13.0 Å². The van der Waals surface area contributed by atoms with E-state index in [2.05, 4.69) is 24.2 Å². The average molecular weight is 296 g/mol. The van der Waals surface area contributed by atoms with E-state index in [0.29, 0.717) is 6.54 Å². The molecule has 0 saturated carbocycles. The van der Waals surface area contributed by atoms with E-state index in [0.717, 1.165) is 36.8 Å². The van der Waals surface area contributed by atoms with Crippen LogP contribution in [0.4, 0.5) is 0 Å². The highest BCUT2D eigenvalue weighted by atomic mass is 35.5. The summed E-state index contributed by atoms with van der Waals surface area (Å²) in [7, 11) is 2.09. The lowest BCUT2D eigenvalue weighted by molar-refractivity contribution is -0.131. The molecule has 0 radical (unpaired) electrons. The fraction of sp³-hybridized carbons (Fsp3) is 0.533. The quantitative estimate of drug-likeness (QED) is 0.919. The van der Waals surface area contributed by atoms with E-state index in [4.69, 9.17) is 11.6 Å². The number of nitrogens with zero attached hydrogens (tertiary/aromatic N) is 2. The minimum Gasteiger partial charge on any atom is -0.339 e. The standard InChI is InChI=1S/C15H22ClN3O/c1-12(13-3-5-14(16)6-4-13)17-11-15(20)19-9-7-18(2)8-10-19/h3-6,12,17H,7-11H2,1-2H3/t12-/m1/s1. The summed E-state index contributed by atoms with van der Waals surface area (Å²) in [6.45, 7) is 6.00. The van der Waals surface area contributed by atoms with Crippen molar-refractivity contribution in [1.82, 2.24) is 15.1 Å². The lowest BCUT2D eigenvalue weighted by Crippen LogP contribution is -2.49. The van der Waals surface area contributed by atoms with Crippen molar-refractivity contribution in [2.75, 3.05) is 39.8 Å². The molecule has 1 fully saturated rings. The molecule has 0 bridgehead atoms. The molecule has 20 heavy (non-hydrogen) atoms. The Balaban J connectivity index is 1.79. The van der Waals surface area contributed by atoms with Crippen LogP contribution < -0.4 is 5.32 Å². The third kappa shape index (κ3) is 4.20. The highest BCUT2D eigenvalue weighted by Crippen LogP contribution is 2.15. The second-order valence-corrected chi connectivity index (χ2v) is 5.77. The molecule has 1 aliphatic heterocycles. The van der Waals surface area contributed by atoms with Crippen LogP contribution in [0.3, 0.4) is 0 Å². The second kappa shape index (κ2) is 7.07. The second-order valence-electron chi connectivity index (χ2n) is 5.34. The van der Waals surface area contributed by atoms with Crippen molar-refractivity contribution in [3.05, 3.63) is 34.9 Å². The van der Waals surface area contributed by atoms with Crippen LogP contribution in [0, 0.1) is 0 Å². The number of carbonyl (C=O) groups excluding carboxylic acids is 1. The monoisotopic (exact) mass is 295 g/mol.